The van der Waals surface area contributed by atoms with E-state index < -0.39 is 11.7 Å². The molecule has 0 atom stereocenters. The standard InChI is InChI=1S/C17H22F3NO3/c1-4-24-16(22)12-5-7-21(8-6-12)14-9-11(2)13(17(18,19)20)10-15(14)23-3/h9-10,12H,4-8H2,1-3H3. The van der Waals surface area contributed by atoms with Crippen LogP contribution < -0.4 is 9.64 Å². The number of carbonyl (C=O) groups excluding carboxylic acids is 1. The zero-order valence-corrected chi connectivity index (χ0v) is 14.1. The predicted octanol–water partition coefficient (Wildman–Crippen LogP) is 3.80. The summed E-state index contributed by atoms with van der Waals surface area (Å²) < 4.78 is 49.3. The van der Waals surface area contributed by atoms with E-state index in [4.69, 9.17) is 9.47 Å². The van der Waals surface area contributed by atoms with Crippen molar-refractivity contribution in [1.82, 2.24) is 0 Å². The van der Waals surface area contributed by atoms with E-state index in [9.17, 15) is 18.0 Å². The van der Waals surface area contributed by atoms with Crippen LogP contribution in [0.5, 0.6) is 5.75 Å². The Morgan fingerprint density at radius 2 is 1.92 bits per heavy atom. The lowest BCUT2D eigenvalue weighted by molar-refractivity contribution is -0.148. The van der Waals surface area contributed by atoms with E-state index in [0.717, 1.165) is 6.07 Å². The second kappa shape index (κ2) is 7.32. The Bertz CT molecular complexity index is 593. The number of aryl methyl sites for hydroxylation is 1. The Labute approximate surface area is 139 Å². The number of methoxy groups -OCH3 is 1. The van der Waals surface area contributed by atoms with Crippen molar-refractivity contribution in [1.29, 1.82) is 0 Å². The number of ether oxygens (including phenoxy) is 2. The Balaban J connectivity index is 2.19. The van der Waals surface area contributed by atoms with Crippen LogP contribution in [0.4, 0.5) is 18.9 Å². The van der Waals surface area contributed by atoms with Crippen molar-refractivity contribution in [2.24, 2.45) is 5.92 Å². The zero-order valence-electron chi connectivity index (χ0n) is 14.1. The summed E-state index contributed by atoms with van der Waals surface area (Å²) in [6, 6.07) is 2.55. The van der Waals surface area contributed by atoms with E-state index in [1.165, 1.54) is 20.1 Å². The fourth-order valence-electron chi connectivity index (χ4n) is 3.01. The summed E-state index contributed by atoms with van der Waals surface area (Å²) in [4.78, 5) is 13.7. The van der Waals surface area contributed by atoms with Crippen LogP contribution in [0.1, 0.15) is 30.9 Å². The molecule has 2 rings (SSSR count). The maximum atomic E-state index is 13.0. The molecule has 0 bridgehead atoms. The molecule has 0 saturated carbocycles. The van der Waals surface area contributed by atoms with Crippen molar-refractivity contribution < 1.29 is 27.4 Å². The predicted molar refractivity (Wildman–Crippen MR) is 84.3 cm³/mol. The maximum Gasteiger partial charge on any atom is 0.416 e. The van der Waals surface area contributed by atoms with Gasteiger partial charge in [0.1, 0.15) is 5.75 Å². The third-order valence-corrected chi connectivity index (χ3v) is 4.29. The highest BCUT2D eigenvalue weighted by Crippen LogP contribution is 2.40. The van der Waals surface area contributed by atoms with E-state index in [-0.39, 0.29) is 23.2 Å². The minimum Gasteiger partial charge on any atom is -0.495 e. The van der Waals surface area contributed by atoms with Crippen molar-refractivity contribution >= 4 is 11.7 Å². The molecule has 0 aromatic heterocycles. The summed E-state index contributed by atoms with van der Waals surface area (Å²) in [5, 5.41) is 0. The highest BCUT2D eigenvalue weighted by Gasteiger charge is 2.34. The lowest BCUT2D eigenvalue weighted by atomic mass is 9.96. The smallest absolute Gasteiger partial charge is 0.416 e. The number of alkyl halides is 3. The van der Waals surface area contributed by atoms with E-state index in [2.05, 4.69) is 0 Å². The third kappa shape index (κ3) is 3.94. The van der Waals surface area contributed by atoms with Crippen LogP contribution in [-0.2, 0) is 15.7 Å². The van der Waals surface area contributed by atoms with Gasteiger partial charge < -0.3 is 14.4 Å². The Morgan fingerprint density at radius 1 is 1.29 bits per heavy atom. The highest BCUT2D eigenvalue weighted by atomic mass is 19.4. The number of piperidine rings is 1. The van der Waals surface area contributed by atoms with Gasteiger partial charge >= 0.3 is 12.1 Å². The molecule has 0 amide bonds. The van der Waals surface area contributed by atoms with Gasteiger partial charge in [-0.2, -0.15) is 13.2 Å². The molecular weight excluding hydrogens is 323 g/mol. The zero-order chi connectivity index (χ0) is 17.9. The van der Waals surface area contributed by atoms with Crippen molar-refractivity contribution in [3.63, 3.8) is 0 Å². The Hall–Kier alpha value is -1.92. The average Bonchev–Trinajstić information content (AvgIpc) is 2.54. The lowest BCUT2D eigenvalue weighted by Gasteiger charge is -2.34. The average molecular weight is 345 g/mol. The first-order chi connectivity index (χ1) is 11.3. The van der Waals surface area contributed by atoms with Crippen LogP contribution in [0.2, 0.25) is 0 Å². The van der Waals surface area contributed by atoms with Gasteiger partial charge in [0.05, 0.1) is 30.9 Å². The summed E-state index contributed by atoms with van der Waals surface area (Å²) in [6.45, 7) is 4.71. The molecule has 0 unspecified atom stereocenters. The summed E-state index contributed by atoms with van der Waals surface area (Å²) in [5.41, 5.74) is 0.0978. The van der Waals surface area contributed by atoms with E-state index in [1.807, 2.05) is 4.90 Å². The molecule has 0 N–H and O–H groups in total. The molecule has 1 fully saturated rings. The fourth-order valence-corrected chi connectivity index (χ4v) is 3.01. The first-order valence-corrected chi connectivity index (χ1v) is 7.95. The van der Waals surface area contributed by atoms with Gasteiger partial charge in [0.25, 0.3) is 0 Å². The number of halogens is 3. The molecule has 1 aliphatic rings. The summed E-state index contributed by atoms with van der Waals surface area (Å²) in [5.74, 6) is -0.155. The lowest BCUT2D eigenvalue weighted by Crippen LogP contribution is -2.37. The van der Waals surface area contributed by atoms with Gasteiger partial charge in [0, 0.05) is 13.1 Å². The molecule has 4 nitrogen and oxygen atoms in total. The monoisotopic (exact) mass is 345 g/mol. The maximum absolute atomic E-state index is 13.0. The first kappa shape index (κ1) is 18.4. The van der Waals surface area contributed by atoms with Gasteiger partial charge in [-0.3, -0.25) is 4.79 Å². The summed E-state index contributed by atoms with van der Waals surface area (Å²) in [7, 11) is 1.36. The highest BCUT2D eigenvalue weighted by molar-refractivity contribution is 5.73. The van der Waals surface area contributed by atoms with Gasteiger partial charge in [-0.15, -0.1) is 0 Å². The first-order valence-electron chi connectivity index (χ1n) is 7.95. The number of hydrogen-bond acceptors (Lipinski definition) is 4. The molecule has 1 aliphatic heterocycles. The SMILES string of the molecule is CCOC(=O)C1CCN(c2cc(C)c(C(F)(F)F)cc2OC)CC1. The number of carbonyl (C=O) groups is 1. The molecule has 7 heteroatoms. The number of rotatable bonds is 4. The normalized spacial score (nSPS) is 16.2. The van der Waals surface area contributed by atoms with Gasteiger partial charge in [-0.25, -0.2) is 0 Å². The van der Waals surface area contributed by atoms with Crippen molar-refractivity contribution in [3.8, 4) is 5.75 Å². The van der Waals surface area contributed by atoms with Crippen LogP contribution in [0.3, 0.4) is 0 Å². The van der Waals surface area contributed by atoms with Gasteiger partial charge in [-0.05, 0) is 44.4 Å². The van der Waals surface area contributed by atoms with Crippen molar-refractivity contribution in [2.45, 2.75) is 32.9 Å². The largest absolute Gasteiger partial charge is 0.495 e. The molecule has 134 valence electrons. The summed E-state index contributed by atoms with van der Waals surface area (Å²) >= 11 is 0. The molecule has 0 spiro atoms. The van der Waals surface area contributed by atoms with E-state index in [1.54, 1.807) is 6.92 Å². The summed E-state index contributed by atoms with van der Waals surface area (Å²) in [6.07, 6.45) is -3.18. The van der Waals surface area contributed by atoms with Crippen LogP contribution in [0.15, 0.2) is 12.1 Å². The number of nitrogens with zero attached hydrogens (tertiary/aromatic N) is 1. The third-order valence-electron chi connectivity index (χ3n) is 4.29. The van der Waals surface area contributed by atoms with E-state index in [0.29, 0.717) is 38.2 Å². The van der Waals surface area contributed by atoms with Crippen molar-refractivity contribution in [2.75, 3.05) is 31.7 Å². The van der Waals surface area contributed by atoms with Crippen molar-refractivity contribution in [3.05, 3.63) is 23.3 Å². The number of esters is 1. The molecule has 0 radical (unpaired) electrons. The molecule has 1 heterocycles. The topological polar surface area (TPSA) is 38.8 Å². The number of hydrogen-bond donors (Lipinski definition) is 0. The van der Waals surface area contributed by atoms with Crippen LogP contribution in [0, 0.1) is 12.8 Å². The molecule has 0 aliphatic carbocycles. The van der Waals surface area contributed by atoms with Gasteiger partial charge in [0.2, 0.25) is 0 Å². The van der Waals surface area contributed by atoms with E-state index >= 15 is 0 Å². The van der Waals surface area contributed by atoms with Crippen LogP contribution >= 0.6 is 0 Å². The second-order valence-electron chi connectivity index (χ2n) is 5.85. The molecular formula is C17H22F3NO3. The van der Waals surface area contributed by atoms with Gasteiger partial charge in [-0.1, -0.05) is 0 Å². The quantitative estimate of drug-likeness (QED) is 0.778. The van der Waals surface area contributed by atoms with Crippen LogP contribution in [0.25, 0.3) is 0 Å². The Morgan fingerprint density at radius 3 is 2.42 bits per heavy atom. The minimum atomic E-state index is -4.41. The molecule has 1 aromatic rings. The van der Waals surface area contributed by atoms with Gasteiger partial charge in [0.15, 0.2) is 0 Å². The Kier molecular flexibility index (Phi) is 5.62. The molecule has 1 aromatic carbocycles. The minimum absolute atomic E-state index is 0.150. The second-order valence-corrected chi connectivity index (χ2v) is 5.85. The molecule has 1 saturated heterocycles. The fraction of sp³-hybridized carbons (Fsp3) is 0.588. The molecule has 24 heavy (non-hydrogen) atoms. The van der Waals surface area contributed by atoms with Crippen LogP contribution in [-0.4, -0.2) is 32.8 Å². The number of anilines is 1. The number of benzene rings is 1.